The fourth-order valence-corrected chi connectivity index (χ4v) is 1.16. The van der Waals surface area contributed by atoms with Gasteiger partial charge in [-0.05, 0) is 19.9 Å². The van der Waals surface area contributed by atoms with Gasteiger partial charge in [0.2, 0.25) is 0 Å². The molecule has 0 aliphatic rings. The van der Waals surface area contributed by atoms with E-state index in [0.717, 1.165) is 13.1 Å². The largest absolute Gasteiger partial charge is 0.329 e. The van der Waals surface area contributed by atoms with Crippen LogP contribution in [-0.2, 0) is 0 Å². The van der Waals surface area contributed by atoms with Gasteiger partial charge in [-0.3, -0.25) is 0 Å². The van der Waals surface area contributed by atoms with Crippen LogP contribution in [0.1, 0.15) is 46.0 Å². The normalized spacial score (nSPS) is 13.2. The summed E-state index contributed by atoms with van der Waals surface area (Å²) in [6, 6.07) is 0.483. The molecule has 0 fully saturated rings. The highest BCUT2D eigenvalue weighted by atomic mass is 14.9. The number of hydrogen-bond acceptors (Lipinski definition) is 2. The molecule has 74 valence electrons. The van der Waals surface area contributed by atoms with Crippen LogP contribution in [0.2, 0.25) is 0 Å². The fourth-order valence-electron chi connectivity index (χ4n) is 1.16. The monoisotopic (exact) mass is 172 g/mol. The first kappa shape index (κ1) is 11.9. The minimum Gasteiger partial charge on any atom is -0.329 e. The number of unbranched alkanes of at least 4 members (excludes halogenated alkanes) is 4. The number of nitrogens with one attached hydrogen (secondary N) is 1. The Labute approximate surface area is 76.9 Å². The smallest absolute Gasteiger partial charge is 0.0161 e. The first-order chi connectivity index (χ1) is 5.81. The van der Waals surface area contributed by atoms with Crippen molar-refractivity contribution in [2.45, 2.75) is 52.0 Å². The molecule has 2 heteroatoms. The van der Waals surface area contributed by atoms with Crippen LogP contribution in [-0.4, -0.2) is 19.1 Å². The molecule has 12 heavy (non-hydrogen) atoms. The Balaban J connectivity index is 2.90. The lowest BCUT2D eigenvalue weighted by molar-refractivity contribution is 0.521. The maximum Gasteiger partial charge on any atom is 0.0161 e. The second-order valence-electron chi connectivity index (χ2n) is 3.51. The molecule has 0 aliphatic heterocycles. The molecule has 1 atom stereocenters. The molecule has 0 saturated heterocycles. The Hall–Kier alpha value is -0.0800. The Morgan fingerprint density at radius 2 is 1.83 bits per heavy atom. The molecule has 0 aromatic carbocycles. The summed E-state index contributed by atoms with van der Waals surface area (Å²) in [5, 5.41) is 3.38. The van der Waals surface area contributed by atoms with Crippen LogP contribution in [0.3, 0.4) is 0 Å². The molecule has 0 rings (SSSR count). The van der Waals surface area contributed by atoms with E-state index in [4.69, 9.17) is 5.73 Å². The van der Waals surface area contributed by atoms with Gasteiger partial charge >= 0.3 is 0 Å². The van der Waals surface area contributed by atoms with Crippen molar-refractivity contribution in [2.75, 3.05) is 13.1 Å². The van der Waals surface area contributed by atoms with Gasteiger partial charge in [0.25, 0.3) is 0 Å². The Kier molecular flexibility index (Phi) is 8.95. The van der Waals surface area contributed by atoms with Gasteiger partial charge < -0.3 is 11.1 Å². The topological polar surface area (TPSA) is 38.0 Å². The minimum atomic E-state index is 0.483. The zero-order chi connectivity index (χ0) is 9.23. The maximum atomic E-state index is 5.47. The van der Waals surface area contributed by atoms with Crippen molar-refractivity contribution in [2.24, 2.45) is 5.73 Å². The summed E-state index contributed by atoms with van der Waals surface area (Å²) in [6.07, 6.45) is 6.75. The van der Waals surface area contributed by atoms with Crippen LogP contribution >= 0.6 is 0 Å². The maximum absolute atomic E-state index is 5.47. The van der Waals surface area contributed by atoms with Crippen LogP contribution in [0, 0.1) is 0 Å². The van der Waals surface area contributed by atoms with Crippen LogP contribution < -0.4 is 11.1 Å². The molecule has 0 spiro atoms. The van der Waals surface area contributed by atoms with Crippen molar-refractivity contribution in [3.8, 4) is 0 Å². The number of hydrogen-bond donors (Lipinski definition) is 2. The van der Waals surface area contributed by atoms with Crippen LogP contribution in [0.4, 0.5) is 0 Å². The lowest BCUT2D eigenvalue weighted by Gasteiger charge is -2.10. The molecule has 0 bridgehead atoms. The molecule has 2 nitrogen and oxygen atoms in total. The quantitative estimate of drug-likeness (QED) is 0.549. The first-order valence-corrected chi connectivity index (χ1v) is 5.24. The highest BCUT2D eigenvalue weighted by Crippen LogP contribution is 2.01. The van der Waals surface area contributed by atoms with E-state index < -0.39 is 0 Å². The van der Waals surface area contributed by atoms with Gasteiger partial charge in [-0.1, -0.05) is 32.6 Å². The second kappa shape index (κ2) is 9.01. The van der Waals surface area contributed by atoms with E-state index in [-0.39, 0.29) is 0 Å². The third kappa shape index (κ3) is 8.02. The average Bonchev–Trinajstić information content (AvgIpc) is 2.10. The van der Waals surface area contributed by atoms with Crippen molar-refractivity contribution in [3.63, 3.8) is 0 Å². The van der Waals surface area contributed by atoms with E-state index in [9.17, 15) is 0 Å². The molecule has 0 radical (unpaired) electrons. The molecule has 0 aromatic rings. The third-order valence-corrected chi connectivity index (χ3v) is 2.13. The molecule has 0 saturated carbocycles. The first-order valence-electron chi connectivity index (χ1n) is 5.24. The summed E-state index contributed by atoms with van der Waals surface area (Å²) in [5.41, 5.74) is 5.47. The second-order valence-corrected chi connectivity index (χ2v) is 3.51. The van der Waals surface area contributed by atoms with Gasteiger partial charge in [-0.25, -0.2) is 0 Å². The van der Waals surface area contributed by atoms with E-state index in [1.807, 2.05) is 0 Å². The van der Waals surface area contributed by atoms with Gasteiger partial charge in [-0.15, -0.1) is 0 Å². The van der Waals surface area contributed by atoms with Gasteiger partial charge in [0, 0.05) is 12.6 Å². The number of nitrogens with two attached hydrogens (primary N) is 1. The zero-order valence-electron chi connectivity index (χ0n) is 8.60. The van der Waals surface area contributed by atoms with Gasteiger partial charge in [-0.2, -0.15) is 0 Å². The fraction of sp³-hybridized carbons (Fsp3) is 1.00. The van der Waals surface area contributed by atoms with Gasteiger partial charge in [0.1, 0.15) is 0 Å². The van der Waals surface area contributed by atoms with Crippen molar-refractivity contribution in [1.82, 2.24) is 5.32 Å². The standard InChI is InChI=1S/C10H24N2/c1-3-4-5-6-7-8-12-10(2)9-11/h10,12H,3-9,11H2,1-2H3. The molecule has 3 N–H and O–H groups in total. The predicted octanol–water partition coefficient (Wildman–Crippen LogP) is 1.89. The van der Waals surface area contributed by atoms with E-state index in [0.29, 0.717) is 6.04 Å². The van der Waals surface area contributed by atoms with Crippen molar-refractivity contribution in [1.29, 1.82) is 0 Å². The van der Waals surface area contributed by atoms with E-state index in [1.165, 1.54) is 32.1 Å². The van der Waals surface area contributed by atoms with Crippen LogP contribution in [0.5, 0.6) is 0 Å². The van der Waals surface area contributed by atoms with Gasteiger partial charge in [0.05, 0.1) is 0 Å². The summed E-state index contributed by atoms with van der Waals surface area (Å²) in [5.74, 6) is 0. The molecule has 0 amide bonds. The molecule has 0 heterocycles. The third-order valence-electron chi connectivity index (χ3n) is 2.13. The Morgan fingerprint density at radius 1 is 1.17 bits per heavy atom. The lowest BCUT2D eigenvalue weighted by Crippen LogP contribution is -2.33. The van der Waals surface area contributed by atoms with E-state index >= 15 is 0 Å². The van der Waals surface area contributed by atoms with Crippen LogP contribution in [0.25, 0.3) is 0 Å². The summed E-state index contributed by atoms with van der Waals surface area (Å²) >= 11 is 0. The Morgan fingerprint density at radius 3 is 2.42 bits per heavy atom. The zero-order valence-corrected chi connectivity index (χ0v) is 8.60. The highest BCUT2D eigenvalue weighted by Gasteiger charge is 1.95. The molecule has 0 aliphatic carbocycles. The summed E-state index contributed by atoms with van der Waals surface area (Å²) in [6.45, 7) is 6.25. The highest BCUT2D eigenvalue weighted by molar-refractivity contribution is 4.59. The molecular weight excluding hydrogens is 148 g/mol. The van der Waals surface area contributed by atoms with Crippen LogP contribution in [0.15, 0.2) is 0 Å². The Bertz CT molecular complexity index is 83.9. The predicted molar refractivity (Wildman–Crippen MR) is 55.3 cm³/mol. The van der Waals surface area contributed by atoms with Crippen molar-refractivity contribution in [3.05, 3.63) is 0 Å². The van der Waals surface area contributed by atoms with E-state index in [1.54, 1.807) is 0 Å². The van der Waals surface area contributed by atoms with Gasteiger partial charge in [0.15, 0.2) is 0 Å². The summed E-state index contributed by atoms with van der Waals surface area (Å²) in [7, 11) is 0. The van der Waals surface area contributed by atoms with E-state index in [2.05, 4.69) is 19.2 Å². The molecular formula is C10H24N2. The SMILES string of the molecule is CCCCCCCNC(C)CN. The summed E-state index contributed by atoms with van der Waals surface area (Å²) < 4.78 is 0. The number of rotatable bonds is 8. The average molecular weight is 172 g/mol. The molecule has 0 aromatic heterocycles. The van der Waals surface area contributed by atoms with Crippen molar-refractivity contribution < 1.29 is 0 Å². The minimum absolute atomic E-state index is 0.483. The van der Waals surface area contributed by atoms with Crippen molar-refractivity contribution >= 4 is 0 Å². The molecule has 1 unspecified atom stereocenters. The lowest BCUT2D eigenvalue weighted by atomic mass is 10.1. The summed E-state index contributed by atoms with van der Waals surface area (Å²) in [4.78, 5) is 0.